The number of rotatable bonds is 3. The monoisotopic (exact) mass is 390 g/mol. The minimum atomic E-state index is 0.270. The van der Waals surface area contributed by atoms with E-state index in [1.165, 1.54) is 15.8 Å². The lowest BCUT2D eigenvalue weighted by atomic mass is 10.0. The topological polar surface area (TPSA) is 50.7 Å². The first-order valence-electron chi connectivity index (χ1n) is 8.88. The first-order valence-corrected chi connectivity index (χ1v) is 10.9. The lowest BCUT2D eigenvalue weighted by molar-refractivity contribution is 0.856. The van der Waals surface area contributed by atoms with Gasteiger partial charge in [-0.05, 0) is 30.2 Å². The lowest BCUT2D eigenvalue weighted by Crippen LogP contribution is -2.19. The van der Waals surface area contributed by atoms with Crippen molar-refractivity contribution in [2.45, 2.75) is 18.7 Å². The average Bonchev–Trinajstić information content (AvgIpc) is 3.16. The van der Waals surface area contributed by atoms with E-state index in [-0.39, 0.29) is 6.04 Å². The summed E-state index contributed by atoms with van der Waals surface area (Å²) >= 11 is 3.61. The summed E-state index contributed by atoms with van der Waals surface area (Å²) in [6.07, 6.45) is 0. The zero-order valence-corrected chi connectivity index (χ0v) is 16.5. The van der Waals surface area contributed by atoms with Crippen LogP contribution in [-0.2, 0) is 5.75 Å². The number of aryl methyl sites for hydroxylation is 1. The maximum absolute atomic E-state index is 4.66. The molecule has 0 saturated heterocycles. The van der Waals surface area contributed by atoms with Crippen LogP contribution in [-0.4, -0.2) is 20.7 Å². The minimum Gasteiger partial charge on any atom is -0.362 e. The number of nitrogens with zero attached hydrogens (tertiary/aromatic N) is 3. The number of hydrogen-bond acceptors (Lipinski definition) is 6. The molecule has 27 heavy (non-hydrogen) atoms. The predicted octanol–water partition coefficient (Wildman–Crippen LogP) is 5.46. The van der Waals surface area contributed by atoms with Crippen molar-refractivity contribution in [2.24, 2.45) is 0 Å². The highest BCUT2D eigenvalue weighted by Gasteiger charge is 2.20. The third-order valence-corrected chi connectivity index (χ3v) is 6.64. The summed E-state index contributed by atoms with van der Waals surface area (Å²) in [5.41, 5.74) is 7.73. The molecule has 2 aromatic carbocycles. The van der Waals surface area contributed by atoms with Crippen molar-refractivity contribution in [3.8, 4) is 11.3 Å². The molecule has 0 bridgehead atoms. The molecule has 5 rings (SSSR count). The van der Waals surface area contributed by atoms with Gasteiger partial charge in [-0.25, -0.2) is 15.0 Å². The molecule has 134 valence electrons. The molecule has 0 radical (unpaired) electrons. The molecule has 0 spiro atoms. The summed E-state index contributed by atoms with van der Waals surface area (Å²) in [5, 5.41) is 3.64. The van der Waals surface area contributed by atoms with Crippen LogP contribution in [0.3, 0.4) is 0 Å². The summed E-state index contributed by atoms with van der Waals surface area (Å²) in [6, 6.07) is 17.3. The normalized spacial score (nSPS) is 16.3. The van der Waals surface area contributed by atoms with E-state index >= 15 is 0 Å². The number of thiazole rings is 1. The van der Waals surface area contributed by atoms with Gasteiger partial charge >= 0.3 is 0 Å². The number of aromatic nitrogens is 3. The van der Waals surface area contributed by atoms with Gasteiger partial charge in [0.1, 0.15) is 11.6 Å². The molecule has 0 fully saturated rings. The number of fused-ring (bicyclic) bond motifs is 2. The molecule has 1 atom stereocenters. The summed E-state index contributed by atoms with van der Waals surface area (Å²) in [6.45, 7) is 1.95. The fourth-order valence-electron chi connectivity index (χ4n) is 3.48. The van der Waals surface area contributed by atoms with Gasteiger partial charge in [0.25, 0.3) is 0 Å². The first-order chi connectivity index (χ1) is 13.3. The van der Waals surface area contributed by atoms with E-state index in [4.69, 9.17) is 0 Å². The van der Waals surface area contributed by atoms with E-state index < -0.39 is 0 Å². The molecule has 4 nitrogen and oxygen atoms in total. The van der Waals surface area contributed by atoms with Crippen LogP contribution in [0, 0.1) is 6.92 Å². The van der Waals surface area contributed by atoms with Crippen LogP contribution in [0.25, 0.3) is 21.5 Å². The smallest absolute Gasteiger partial charge is 0.130 e. The van der Waals surface area contributed by atoms with Crippen molar-refractivity contribution in [2.75, 3.05) is 11.1 Å². The molecule has 1 N–H and O–H groups in total. The molecule has 1 aliphatic rings. The number of thioether (sulfide) groups is 1. The Kier molecular flexibility index (Phi) is 4.30. The fraction of sp³-hybridized carbons (Fsp3) is 0.190. The molecule has 3 heterocycles. The van der Waals surface area contributed by atoms with Crippen molar-refractivity contribution >= 4 is 39.1 Å². The third-order valence-electron chi connectivity index (χ3n) is 4.76. The van der Waals surface area contributed by atoms with Crippen LogP contribution < -0.4 is 5.32 Å². The fourth-order valence-corrected chi connectivity index (χ4v) is 5.30. The predicted molar refractivity (Wildman–Crippen MR) is 114 cm³/mol. The molecule has 1 aliphatic heterocycles. The standard InChI is InChI=1S/C21H18N4S2/c1-13-23-18(14-6-7-17-20(8-14)27-12-22-17)9-21(24-13)25-19-11-26-10-15-4-2-3-5-16(15)19/h2-9,12,19H,10-11H2,1H3,(H,23,24,25). The molecule has 0 saturated carbocycles. The molecular formula is C21H18N4S2. The first kappa shape index (κ1) is 16.7. The number of hydrogen-bond donors (Lipinski definition) is 1. The molecule has 6 heteroatoms. The van der Waals surface area contributed by atoms with E-state index in [1.807, 2.05) is 24.2 Å². The second-order valence-corrected chi connectivity index (χ2v) is 8.55. The van der Waals surface area contributed by atoms with Crippen LogP contribution in [0.4, 0.5) is 5.82 Å². The average molecular weight is 391 g/mol. The quantitative estimate of drug-likeness (QED) is 0.503. The maximum atomic E-state index is 4.66. The van der Waals surface area contributed by atoms with Gasteiger partial charge in [-0.2, -0.15) is 11.8 Å². The SMILES string of the molecule is Cc1nc(NC2CSCc3ccccc32)cc(-c2ccc3ncsc3c2)n1. The molecule has 1 unspecified atom stereocenters. The van der Waals surface area contributed by atoms with Gasteiger partial charge in [-0.3, -0.25) is 0 Å². The highest BCUT2D eigenvalue weighted by Crippen LogP contribution is 2.34. The Labute approximate surface area is 166 Å². The zero-order valence-electron chi connectivity index (χ0n) is 14.8. The third kappa shape index (κ3) is 3.31. The molecule has 2 aromatic heterocycles. The van der Waals surface area contributed by atoms with Gasteiger partial charge in [0.2, 0.25) is 0 Å². The highest BCUT2D eigenvalue weighted by molar-refractivity contribution is 7.98. The van der Waals surface area contributed by atoms with Gasteiger partial charge in [-0.15, -0.1) is 11.3 Å². The van der Waals surface area contributed by atoms with Crippen LogP contribution in [0.5, 0.6) is 0 Å². The molecular weight excluding hydrogens is 372 g/mol. The van der Waals surface area contributed by atoms with Crippen LogP contribution in [0.1, 0.15) is 23.0 Å². The Morgan fingerprint density at radius 2 is 2.00 bits per heavy atom. The van der Waals surface area contributed by atoms with Gasteiger partial charge < -0.3 is 5.32 Å². The van der Waals surface area contributed by atoms with E-state index in [1.54, 1.807) is 11.3 Å². The van der Waals surface area contributed by atoms with Crippen molar-refractivity contribution in [3.05, 3.63) is 71.0 Å². The van der Waals surface area contributed by atoms with Gasteiger partial charge in [0, 0.05) is 23.1 Å². The van der Waals surface area contributed by atoms with Crippen molar-refractivity contribution in [3.63, 3.8) is 0 Å². The van der Waals surface area contributed by atoms with E-state index in [9.17, 15) is 0 Å². The number of benzene rings is 2. The van der Waals surface area contributed by atoms with E-state index in [2.05, 4.69) is 68.8 Å². The van der Waals surface area contributed by atoms with Gasteiger partial charge in [0.15, 0.2) is 0 Å². The van der Waals surface area contributed by atoms with E-state index in [0.717, 1.165) is 39.9 Å². The molecule has 0 aliphatic carbocycles. The largest absolute Gasteiger partial charge is 0.362 e. The van der Waals surface area contributed by atoms with Gasteiger partial charge in [-0.1, -0.05) is 30.3 Å². The number of anilines is 1. The number of nitrogens with one attached hydrogen (secondary N) is 1. The second-order valence-electron chi connectivity index (χ2n) is 6.63. The Balaban J connectivity index is 1.49. The molecule has 4 aromatic rings. The lowest BCUT2D eigenvalue weighted by Gasteiger charge is -2.26. The van der Waals surface area contributed by atoms with Crippen LogP contribution in [0.15, 0.2) is 54.0 Å². The summed E-state index contributed by atoms with van der Waals surface area (Å²) in [5.74, 6) is 3.78. The Bertz CT molecular complexity index is 1120. The Morgan fingerprint density at radius 3 is 2.96 bits per heavy atom. The van der Waals surface area contributed by atoms with Crippen LogP contribution in [0.2, 0.25) is 0 Å². The van der Waals surface area contributed by atoms with Crippen molar-refractivity contribution in [1.82, 2.24) is 15.0 Å². The summed E-state index contributed by atoms with van der Waals surface area (Å²) in [7, 11) is 0. The van der Waals surface area contributed by atoms with Gasteiger partial charge in [0.05, 0.1) is 27.5 Å². The highest BCUT2D eigenvalue weighted by atomic mass is 32.2. The van der Waals surface area contributed by atoms with Crippen LogP contribution >= 0.6 is 23.1 Å². The van der Waals surface area contributed by atoms with Crippen molar-refractivity contribution < 1.29 is 0 Å². The van der Waals surface area contributed by atoms with E-state index in [0.29, 0.717) is 0 Å². The summed E-state index contributed by atoms with van der Waals surface area (Å²) in [4.78, 5) is 13.7. The van der Waals surface area contributed by atoms with Crippen molar-refractivity contribution in [1.29, 1.82) is 0 Å². The summed E-state index contributed by atoms with van der Waals surface area (Å²) < 4.78 is 1.18. The molecule has 0 amide bonds. The maximum Gasteiger partial charge on any atom is 0.130 e. The minimum absolute atomic E-state index is 0.270. The second kappa shape index (κ2) is 6.94. The zero-order chi connectivity index (χ0) is 18.2. The Morgan fingerprint density at radius 1 is 1.07 bits per heavy atom. The Hall–Kier alpha value is -2.44.